The highest BCUT2D eigenvalue weighted by Crippen LogP contribution is 2.05. The van der Waals surface area contributed by atoms with Gasteiger partial charge in [0.1, 0.15) is 18.1 Å². The maximum Gasteiger partial charge on any atom is 0.326 e. The molecule has 4 amide bonds. The van der Waals surface area contributed by atoms with Gasteiger partial charge in [-0.25, -0.2) is 4.79 Å². The number of hydrogen-bond donors (Lipinski definition) is 8. The fourth-order valence-corrected chi connectivity index (χ4v) is 2.87. The third-order valence-corrected chi connectivity index (χ3v) is 4.65. The molecule has 4 unspecified atom stereocenters. The van der Waals surface area contributed by atoms with Crippen molar-refractivity contribution >= 4 is 53.3 Å². The van der Waals surface area contributed by atoms with Crippen LogP contribution < -0.4 is 27.4 Å². The van der Waals surface area contributed by atoms with Gasteiger partial charge in [-0.2, -0.15) is 11.8 Å². The van der Waals surface area contributed by atoms with Crippen molar-refractivity contribution in [3.63, 3.8) is 0 Å². The SMILES string of the molecule is CSCCC(NC(=O)C(N)CC(=O)O)C(=O)NC(CC(N)=O)C(=O)NC(CC(=O)O)C(=O)O. The average Bonchev–Trinajstić information content (AvgIpc) is 2.68. The minimum absolute atomic E-state index is 0.0419. The van der Waals surface area contributed by atoms with Crippen LogP contribution in [0.2, 0.25) is 0 Å². The van der Waals surface area contributed by atoms with Crippen LogP contribution in [-0.2, 0) is 33.6 Å². The first-order valence-corrected chi connectivity index (χ1v) is 10.8. The summed E-state index contributed by atoms with van der Waals surface area (Å²) < 4.78 is 0. The maximum atomic E-state index is 12.7. The fraction of sp³-hybridized carbons (Fsp3) is 0.588. The van der Waals surface area contributed by atoms with Crippen LogP contribution in [0, 0.1) is 0 Å². The second-order valence-electron chi connectivity index (χ2n) is 6.78. The first-order valence-electron chi connectivity index (χ1n) is 9.38. The lowest BCUT2D eigenvalue weighted by atomic mass is 10.1. The molecule has 0 aromatic heterocycles. The molecule has 0 rings (SSSR count). The topological polar surface area (TPSA) is 268 Å². The summed E-state index contributed by atoms with van der Waals surface area (Å²) >= 11 is 1.32. The Morgan fingerprint density at radius 2 is 1.24 bits per heavy atom. The lowest BCUT2D eigenvalue weighted by Gasteiger charge is -2.24. The van der Waals surface area contributed by atoms with E-state index < -0.39 is 85.0 Å². The average molecular weight is 493 g/mol. The summed E-state index contributed by atoms with van der Waals surface area (Å²) in [4.78, 5) is 81.3. The number of nitrogens with one attached hydrogen (secondary N) is 3. The zero-order valence-corrected chi connectivity index (χ0v) is 18.4. The Kier molecular flexibility index (Phi) is 13.1. The highest BCUT2D eigenvalue weighted by Gasteiger charge is 2.32. The molecule has 10 N–H and O–H groups in total. The molecule has 16 heteroatoms. The normalized spacial score (nSPS) is 14.1. The molecule has 0 fully saturated rings. The molecule has 4 atom stereocenters. The molecule has 0 aliphatic carbocycles. The first-order chi connectivity index (χ1) is 15.3. The lowest BCUT2D eigenvalue weighted by Crippen LogP contribution is -2.58. The Labute approximate surface area is 192 Å². The molecule has 0 bridgehead atoms. The second kappa shape index (κ2) is 14.6. The number of hydrogen-bond acceptors (Lipinski definition) is 9. The van der Waals surface area contributed by atoms with Crippen LogP contribution in [0.15, 0.2) is 0 Å². The minimum atomic E-state index is -1.84. The summed E-state index contributed by atoms with van der Waals surface area (Å²) in [6.45, 7) is 0. The molecule has 15 nitrogen and oxygen atoms in total. The number of carbonyl (C=O) groups excluding carboxylic acids is 4. The Morgan fingerprint density at radius 1 is 0.758 bits per heavy atom. The Bertz CT molecular complexity index is 777. The van der Waals surface area contributed by atoms with Crippen molar-refractivity contribution < 1.29 is 48.9 Å². The van der Waals surface area contributed by atoms with Gasteiger partial charge in [-0.1, -0.05) is 0 Å². The molecule has 0 radical (unpaired) electrons. The zero-order valence-electron chi connectivity index (χ0n) is 17.6. The molecule has 33 heavy (non-hydrogen) atoms. The molecule has 0 saturated carbocycles. The van der Waals surface area contributed by atoms with Crippen LogP contribution in [0.5, 0.6) is 0 Å². The number of nitrogens with two attached hydrogens (primary N) is 2. The number of primary amides is 1. The number of aliphatic carboxylic acids is 3. The predicted octanol–water partition coefficient (Wildman–Crippen LogP) is -3.57. The molecule has 0 aliphatic heterocycles. The molecule has 0 heterocycles. The van der Waals surface area contributed by atoms with Gasteiger partial charge in [0.15, 0.2) is 0 Å². The van der Waals surface area contributed by atoms with E-state index in [4.69, 9.17) is 26.8 Å². The fourth-order valence-electron chi connectivity index (χ4n) is 2.39. The van der Waals surface area contributed by atoms with Crippen molar-refractivity contribution in [3.8, 4) is 0 Å². The van der Waals surface area contributed by atoms with Crippen molar-refractivity contribution in [1.29, 1.82) is 0 Å². The van der Waals surface area contributed by atoms with Crippen molar-refractivity contribution in [2.24, 2.45) is 11.5 Å². The van der Waals surface area contributed by atoms with E-state index in [1.807, 2.05) is 5.32 Å². The number of carboxylic acid groups (broad SMARTS) is 3. The van der Waals surface area contributed by atoms with Crippen LogP contribution in [0.3, 0.4) is 0 Å². The number of thioether (sulfide) groups is 1. The molecule has 0 saturated heterocycles. The van der Waals surface area contributed by atoms with E-state index >= 15 is 0 Å². The van der Waals surface area contributed by atoms with Crippen LogP contribution in [0.4, 0.5) is 0 Å². The lowest BCUT2D eigenvalue weighted by molar-refractivity contribution is -0.147. The quantitative estimate of drug-likeness (QED) is 0.104. The Morgan fingerprint density at radius 3 is 1.70 bits per heavy atom. The Balaban J connectivity index is 5.51. The van der Waals surface area contributed by atoms with Gasteiger partial charge in [0, 0.05) is 0 Å². The van der Waals surface area contributed by atoms with Gasteiger partial charge in [0.05, 0.1) is 25.3 Å². The summed E-state index contributed by atoms with van der Waals surface area (Å²) in [5.74, 6) is -8.27. The van der Waals surface area contributed by atoms with Gasteiger partial charge in [-0.15, -0.1) is 0 Å². The van der Waals surface area contributed by atoms with Crippen molar-refractivity contribution in [2.45, 2.75) is 49.9 Å². The summed E-state index contributed by atoms with van der Waals surface area (Å²) in [6.07, 6.45) is -0.661. The van der Waals surface area contributed by atoms with E-state index in [2.05, 4.69) is 10.6 Å². The van der Waals surface area contributed by atoms with E-state index in [9.17, 15) is 33.6 Å². The highest BCUT2D eigenvalue weighted by atomic mass is 32.2. The van der Waals surface area contributed by atoms with Crippen LogP contribution in [0.1, 0.15) is 25.7 Å². The minimum Gasteiger partial charge on any atom is -0.481 e. The molecule has 0 aromatic carbocycles. The largest absolute Gasteiger partial charge is 0.481 e. The standard InChI is InChI=1S/C17H27N5O10S/c1-33-3-2-8(20-14(28)7(18)4-12(24)25)15(29)21-9(5-11(19)23)16(30)22-10(17(31)32)6-13(26)27/h7-10H,2-6,18H2,1H3,(H2,19,23)(H,20,28)(H,21,29)(H,22,30)(H,24,25)(H,26,27)(H,31,32). The van der Waals surface area contributed by atoms with Crippen LogP contribution in [0.25, 0.3) is 0 Å². The summed E-state index contributed by atoms with van der Waals surface area (Å²) in [6, 6.07) is -6.25. The second-order valence-corrected chi connectivity index (χ2v) is 7.76. The molecule has 0 aromatic rings. The number of carbonyl (C=O) groups is 7. The monoisotopic (exact) mass is 493 g/mol. The zero-order chi connectivity index (χ0) is 25.7. The highest BCUT2D eigenvalue weighted by molar-refractivity contribution is 7.98. The first kappa shape index (κ1) is 29.6. The van der Waals surface area contributed by atoms with Crippen LogP contribution >= 0.6 is 11.8 Å². The van der Waals surface area contributed by atoms with Gasteiger partial charge in [-0.05, 0) is 18.4 Å². The predicted molar refractivity (Wildman–Crippen MR) is 113 cm³/mol. The third kappa shape index (κ3) is 12.3. The molecule has 0 spiro atoms. The van der Waals surface area contributed by atoms with Gasteiger partial charge in [0.2, 0.25) is 23.6 Å². The molecule has 0 aliphatic rings. The third-order valence-electron chi connectivity index (χ3n) is 4.01. The van der Waals surface area contributed by atoms with E-state index in [1.165, 1.54) is 11.8 Å². The van der Waals surface area contributed by atoms with Gasteiger partial charge in [-0.3, -0.25) is 28.8 Å². The van der Waals surface area contributed by atoms with Crippen LogP contribution in [-0.4, -0.2) is 93.0 Å². The van der Waals surface area contributed by atoms with E-state index in [1.54, 1.807) is 6.26 Å². The maximum absolute atomic E-state index is 12.7. The van der Waals surface area contributed by atoms with Crippen molar-refractivity contribution in [2.75, 3.05) is 12.0 Å². The summed E-state index contributed by atoms with van der Waals surface area (Å²) in [7, 11) is 0. The molecule has 186 valence electrons. The number of rotatable bonds is 16. The molecular formula is C17H27N5O10S. The summed E-state index contributed by atoms with van der Waals surface area (Å²) in [5, 5.41) is 32.9. The Hall–Kier alpha value is -3.40. The van der Waals surface area contributed by atoms with E-state index in [-0.39, 0.29) is 6.42 Å². The van der Waals surface area contributed by atoms with Gasteiger partial charge in [0.25, 0.3) is 0 Å². The number of amides is 4. The van der Waals surface area contributed by atoms with Gasteiger partial charge >= 0.3 is 17.9 Å². The summed E-state index contributed by atoms with van der Waals surface area (Å²) in [5.41, 5.74) is 10.6. The molecular weight excluding hydrogens is 466 g/mol. The smallest absolute Gasteiger partial charge is 0.326 e. The van der Waals surface area contributed by atoms with Crippen molar-refractivity contribution in [1.82, 2.24) is 16.0 Å². The van der Waals surface area contributed by atoms with Gasteiger partial charge < -0.3 is 42.7 Å². The number of carboxylic acids is 3. The van der Waals surface area contributed by atoms with Crippen molar-refractivity contribution in [3.05, 3.63) is 0 Å². The van der Waals surface area contributed by atoms with E-state index in [0.29, 0.717) is 5.75 Å². The van der Waals surface area contributed by atoms with E-state index in [0.717, 1.165) is 0 Å².